The molecule has 3 nitrogen and oxygen atoms in total. The molecule has 1 aromatic rings. The second-order valence-corrected chi connectivity index (χ2v) is 4.81. The van der Waals surface area contributed by atoms with E-state index in [1.54, 1.807) is 0 Å². The van der Waals surface area contributed by atoms with Crippen molar-refractivity contribution in [1.82, 2.24) is 5.32 Å². The van der Waals surface area contributed by atoms with Gasteiger partial charge in [0.15, 0.2) is 0 Å². The van der Waals surface area contributed by atoms with Gasteiger partial charge in [0, 0.05) is 17.8 Å². The molecule has 1 rings (SSSR count). The molecule has 1 amide bonds. The predicted molar refractivity (Wildman–Crippen MR) is 81.5 cm³/mol. The zero-order chi connectivity index (χ0) is 14.3. The third-order valence-corrected chi connectivity index (χ3v) is 3.11. The third-order valence-electron chi connectivity index (χ3n) is 3.11. The minimum atomic E-state index is -0.0148. The Bertz CT molecular complexity index is 464. The van der Waals surface area contributed by atoms with Crippen molar-refractivity contribution in [2.24, 2.45) is 4.99 Å². The van der Waals surface area contributed by atoms with Crippen LogP contribution in [-0.2, 0) is 0 Å². The van der Waals surface area contributed by atoms with Gasteiger partial charge in [-0.15, -0.1) is 0 Å². The Labute approximate surface area is 116 Å². The zero-order valence-electron chi connectivity index (χ0n) is 12.4. The zero-order valence-corrected chi connectivity index (χ0v) is 12.4. The van der Waals surface area contributed by atoms with Gasteiger partial charge in [-0.1, -0.05) is 26.3 Å². The Balaban J connectivity index is 2.86. The van der Waals surface area contributed by atoms with E-state index in [4.69, 9.17) is 0 Å². The number of carbonyl (C=O) groups excluding carboxylic acids is 1. The minimum absolute atomic E-state index is 0.0148. The maximum absolute atomic E-state index is 12.0. The van der Waals surface area contributed by atoms with Gasteiger partial charge < -0.3 is 5.32 Å². The van der Waals surface area contributed by atoms with E-state index in [1.807, 2.05) is 32.0 Å². The van der Waals surface area contributed by atoms with Gasteiger partial charge in [0.2, 0.25) is 0 Å². The van der Waals surface area contributed by atoms with Crippen LogP contribution in [0.4, 0.5) is 5.69 Å². The first-order valence-electron chi connectivity index (χ1n) is 7.01. The topological polar surface area (TPSA) is 41.5 Å². The van der Waals surface area contributed by atoms with Crippen LogP contribution in [0, 0.1) is 6.92 Å². The molecule has 0 aromatic heterocycles. The van der Waals surface area contributed by atoms with Crippen LogP contribution in [0.15, 0.2) is 23.2 Å². The summed E-state index contributed by atoms with van der Waals surface area (Å²) in [5.74, 6) is -0.0148. The Kier molecular flexibility index (Phi) is 6.26. The summed E-state index contributed by atoms with van der Waals surface area (Å²) in [6, 6.07) is 5.68. The average Bonchev–Trinajstić information content (AvgIpc) is 2.41. The largest absolute Gasteiger partial charge is 0.352 e. The number of aliphatic imine (C=N–C) groups is 1. The van der Waals surface area contributed by atoms with E-state index in [-0.39, 0.29) is 5.91 Å². The summed E-state index contributed by atoms with van der Waals surface area (Å²) < 4.78 is 0. The van der Waals surface area contributed by atoms with E-state index in [9.17, 15) is 4.79 Å². The number of aryl methyl sites for hydroxylation is 1. The molecular weight excluding hydrogens is 236 g/mol. The van der Waals surface area contributed by atoms with Crippen molar-refractivity contribution in [3.63, 3.8) is 0 Å². The molecule has 1 N–H and O–H groups in total. The number of nitrogens with zero attached hydrogens (tertiary/aromatic N) is 1. The van der Waals surface area contributed by atoms with Gasteiger partial charge in [-0.2, -0.15) is 0 Å². The number of rotatable bonds is 6. The summed E-state index contributed by atoms with van der Waals surface area (Å²) in [7, 11) is 0. The molecule has 0 aliphatic rings. The summed E-state index contributed by atoms with van der Waals surface area (Å²) in [4.78, 5) is 16.5. The van der Waals surface area contributed by atoms with Crippen LogP contribution in [0.2, 0.25) is 0 Å². The van der Waals surface area contributed by atoms with Crippen molar-refractivity contribution < 1.29 is 4.79 Å². The number of carbonyl (C=O) groups is 1. The highest BCUT2D eigenvalue weighted by molar-refractivity contribution is 5.95. The molecule has 0 bridgehead atoms. The third kappa shape index (κ3) is 4.86. The molecule has 0 aliphatic heterocycles. The highest BCUT2D eigenvalue weighted by atomic mass is 16.1. The monoisotopic (exact) mass is 260 g/mol. The number of hydrogen-bond donors (Lipinski definition) is 1. The molecule has 1 aromatic carbocycles. The maximum Gasteiger partial charge on any atom is 0.251 e. The van der Waals surface area contributed by atoms with Gasteiger partial charge >= 0.3 is 0 Å². The molecular formula is C16H24N2O. The average molecular weight is 260 g/mol. The van der Waals surface area contributed by atoms with Crippen LogP contribution in [0.5, 0.6) is 0 Å². The molecule has 0 atom stereocenters. The fourth-order valence-electron chi connectivity index (χ4n) is 1.64. The smallest absolute Gasteiger partial charge is 0.251 e. The van der Waals surface area contributed by atoms with Gasteiger partial charge in [-0.25, -0.2) is 0 Å². The molecule has 3 heteroatoms. The maximum atomic E-state index is 12.0. The molecule has 104 valence electrons. The summed E-state index contributed by atoms with van der Waals surface area (Å²) in [5.41, 5.74) is 3.75. The van der Waals surface area contributed by atoms with Gasteiger partial charge in [-0.05, 0) is 44.4 Å². The van der Waals surface area contributed by atoms with Crippen LogP contribution in [-0.4, -0.2) is 18.2 Å². The first kappa shape index (κ1) is 15.4. The number of unbranched alkanes of at least 4 members (excludes halogenated alkanes) is 1. The lowest BCUT2D eigenvalue weighted by Gasteiger charge is -2.07. The quantitative estimate of drug-likeness (QED) is 0.609. The van der Waals surface area contributed by atoms with Crippen LogP contribution in [0.25, 0.3) is 0 Å². The van der Waals surface area contributed by atoms with E-state index in [1.165, 1.54) is 0 Å². The van der Waals surface area contributed by atoms with Crippen molar-refractivity contribution in [1.29, 1.82) is 0 Å². The molecule has 0 spiro atoms. The van der Waals surface area contributed by atoms with Crippen molar-refractivity contribution in [2.45, 2.75) is 47.0 Å². The van der Waals surface area contributed by atoms with Gasteiger partial charge in [-0.3, -0.25) is 9.79 Å². The van der Waals surface area contributed by atoms with Crippen molar-refractivity contribution in [2.75, 3.05) is 6.54 Å². The van der Waals surface area contributed by atoms with E-state index in [2.05, 4.69) is 24.2 Å². The molecule has 0 unspecified atom stereocenters. The number of amides is 1. The normalized spacial score (nSPS) is 11.5. The van der Waals surface area contributed by atoms with E-state index >= 15 is 0 Å². The lowest BCUT2D eigenvalue weighted by Crippen LogP contribution is -2.24. The SMILES string of the molecule is CCCCNC(=O)c1ccc(C)c(N=C(C)CC)c1. The standard InChI is InChI=1S/C16H24N2O/c1-5-7-10-17-16(19)14-9-8-12(3)15(11-14)18-13(4)6-2/h8-9,11H,5-7,10H2,1-4H3,(H,17,19). The predicted octanol–water partition coefficient (Wildman–Crippen LogP) is 4.03. The summed E-state index contributed by atoms with van der Waals surface area (Å²) in [6.07, 6.45) is 3.02. The number of nitrogens with one attached hydrogen (secondary N) is 1. The Hall–Kier alpha value is -1.64. The van der Waals surface area contributed by atoms with Crippen molar-refractivity contribution >= 4 is 17.3 Å². The summed E-state index contributed by atoms with van der Waals surface area (Å²) >= 11 is 0. The van der Waals surface area contributed by atoms with E-state index < -0.39 is 0 Å². The second-order valence-electron chi connectivity index (χ2n) is 4.81. The van der Waals surface area contributed by atoms with Crippen LogP contribution < -0.4 is 5.32 Å². The first-order valence-corrected chi connectivity index (χ1v) is 7.01. The lowest BCUT2D eigenvalue weighted by atomic mass is 10.1. The highest BCUT2D eigenvalue weighted by Crippen LogP contribution is 2.21. The fraction of sp³-hybridized carbons (Fsp3) is 0.500. The Morgan fingerprint density at radius 1 is 1.32 bits per heavy atom. The molecule has 0 aliphatic carbocycles. The van der Waals surface area contributed by atoms with Gasteiger partial charge in [0.05, 0.1) is 5.69 Å². The van der Waals surface area contributed by atoms with Crippen molar-refractivity contribution in [3.05, 3.63) is 29.3 Å². The lowest BCUT2D eigenvalue weighted by molar-refractivity contribution is 0.0953. The molecule has 0 fully saturated rings. The molecule has 19 heavy (non-hydrogen) atoms. The Morgan fingerprint density at radius 3 is 2.68 bits per heavy atom. The highest BCUT2D eigenvalue weighted by Gasteiger charge is 2.07. The van der Waals surface area contributed by atoms with Crippen LogP contribution in [0.3, 0.4) is 0 Å². The van der Waals surface area contributed by atoms with Crippen LogP contribution >= 0.6 is 0 Å². The minimum Gasteiger partial charge on any atom is -0.352 e. The van der Waals surface area contributed by atoms with E-state index in [0.717, 1.165) is 42.8 Å². The van der Waals surface area contributed by atoms with Gasteiger partial charge in [0.1, 0.15) is 0 Å². The molecule has 0 saturated carbocycles. The van der Waals surface area contributed by atoms with E-state index in [0.29, 0.717) is 5.56 Å². The summed E-state index contributed by atoms with van der Waals surface area (Å²) in [6.45, 7) is 8.94. The number of benzene rings is 1. The van der Waals surface area contributed by atoms with Crippen molar-refractivity contribution in [3.8, 4) is 0 Å². The van der Waals surface area contributed by atoms with Crippen LogP contribution in [0.1, 0.15) is 56.0 Å². The number of hydrogen-bond acceptors (Lipinski definition) is 2. The Morgan fingerprint density at radius 2 is 2.05 bits per heavy atom. The molecule has 0 saturated heterocycles. The first-order chi connectivity index (χ1) is 9.08. The molecule has 0 heterocycles. The molecule has 0 radical (unpaired) electrons. The van der Waals surface area contributed by atoms with Gasteiger partial charge in [0.25, 0.3) is 5.91 Å². The fourth-order valence-corrected chi connectivity index (χ4v) is 1.64. The summed E-state index contributed by atoms with van der Waals surface area (Å²) in [5, 5.41) is 2.93. The second kappa shape index (κ2) is 7.72.